The summed E-state index contributed by atoms with van der Waals surface area (Å²) in [6.45, 7) is 4.45. The molecule has 2 heterocycles. The highest BCUT2D eigenvalue weighted by Crippen LogP contribution is 2.19. The number of ether oxygens (including phenoxy) is 1. The summed E-state index contributed by atoms with van der Waals surface area (Å²) < 4.78 is 6.90. The van der Waals surface area contributed by atoms with Crippen LogP contribution in [0, 0.1) is 13.8 Å². The largest absolute Gasteiger partial charge is 0.479 e. The van der Waals surface area contributed by atoms with Crippen LogP contribution in [0.3, 0.4) is 0 Å². The predicted octanol–water partition coefficient (Wildman–Crippen LogP) is 1.41. The number of aryl methyl sites for hydroxylation is 1. The highest BCUT2D eigenvalue weighted by atomic mass is 16.5. The molecular formula is C17H19N3O4. The van der Waals surface area contributed by atoms with E-state index in [0.29, 0.717) is 12.1 Å². The van der Waals surface area contributed by atoms with Gasteiger partial charge in [0.15, 0.2) is 6.10 Å². The highest BCUT2D eigenvalue weighted by molar-refractivity contribution is 5.95. The highest BCUT2D eigenvalue weighted by Gasteiger charge is 2.31. The standard InChI is InChI=1S/C17H19N3O4/c1-11-5-3-4-6-14(11)20-12(2)13(9-18-20)16(21)19-7-8-24-15(10-19)17(22)23/h3-6,9,15H,7-8,10H2,1-2H3,(H,22,23). The van der Waals surface area contributed by atoms with E-state index in [1.54, 1.807) is 4.68 Å². The fourth-order valence-corrected chi connectivity index (χ4v) is 2.82. The van der Waals surface area contributed by atoms with Crippen molar-refractivity contribution in [2.45, 2.75) is 20.0 Å². The molecule has 1 atom stereocenters. The number of benzene rings is 1. The number of carboxylic acids is 1. The zero-order valence-electron chi connectivity index (χ0n) is 13.6. The second kappa shape index (κ2) is 6.45. The fourth-order valence-electron chi connectivity index (χ4n) is 2.82. The van der Waals surface area contributed by atoms with E-state index in [1.807, 2.05) is 38.1 Å². The maximum atomic E-state index is 12.7. The van der Waals surface area contributed by atoms with Crippen LogP contribution in [0.4, 0.5) is 0 Å². The number of hydrogen-bond acceptors (Lipinski definition) is 4. The molecule has 1 fully saturated rings. The minimum absolute atomic E-state index is 0.0448. The average Bonchev–Trinajstić information content (AvgIpc) is 2.96. The predicted molar refractivity (Wildman–Crippen MR) is 86.3 cm³/mol. The molecule has 0 saturated carbocycles. The van der Waals surface area contributed by atoms with Crippen LogP contribution in [0.1, 0.15) is 21.6 Å². The number of carboxylic acid groups (broad SMARTS) is 1. The van der Waals surface area contributed by atoms with Crippen molar-refractivity contribution in [2.75, 3.05) is 19.7 Å². The first-order chi connectivity index (χ1) is 11.5. The molecule has 24 heavy (non-hydrogen) atoms. The Morgan fingerprint density at radius 1 is 1.29 bits per heavy atom. The van der Waals surface area contributed by atoms with Crippen LogP contribution in [0.2, 0.25) is 0 Å². The molecular weight excluding hydrogens is 310 g/mol. The Balaban J connectivity index is 1.87. The summed E-state index contributed by atoms with van der Waals surface area (Å²) in [6, 6.07) is 7.80. The van der Waals surface area contributed by atoms with Gasteiger partial charge in [0.25, 0.3) is 5.91 Å². The minimum Gasteiger partial charge on any atom is -0.479 e. The summed E-state index contributed by atoms with van der Waals surface area (Å²) in [7, 11) is 0. The first-order valence-corrected chi connectivity index (χ1v) is 7.73. The zero-order chi connectivity index (χ0) is 17.3. The van der Waals surface area contributed by atoms with Crippen molar-refractivity contribution in [3.05, 3.63) is 47.3 Å². The van der Waals surface area contributed by atoms with Crippen molar-refractivity contribution in [1.29, 1.82) is 0 Å². The molecule has 1 aliphatic rings. The Hall–Kier alpha value is -2.67. The van der Waals surface area contributed by atoms with E-state index in [0.717, 1.165) is 16.9 Å². The van der Waals surface area contributed by atoms with E-state index in [-0.39, 0.29) is 19.1 Å². The molecule has 126 valence electrons. The quantitative estimate of drug-likeness (QED) is 0.920. The van der Waals surface area contributed by atoms with Crippen LogP contribution in [-0.4, -0.2) is 57.5 Å². The SMILES string of the molecule is Cc1ccccc1-n1ncc(C(=O)N2CCOC(C(=O)O)C2)c1C. The van der Waals surface area contributed by atoms with Crippen molar-refractivity contribution >= 4 is 11.9 Å². The molecule has 1 aromatic heterocycles. The molecule has 0 bridgehead atoms. The monoisotopic (exact) mass is 329 g/mol. The van der Waals surface area contributed by atoms with Crippen LogP contribution in [0.25, 0.3) is 5.69 Å². The van der Waals surface area contributed by atoms with E-state index < -0.39 is 12.1 Å². The number of amides is 1. The summed E-state index contributed by atoms with van der Waals surface area (Å²) >= 11 is 0. The van der Waals surface area contributed by atoms with Crippen molar-refractivity contribution in [1.82, 2.24) is 14.7 Å². The number of rotatable bonds is 3. The van der Waals surface area contributed by atoms with Gasteiger partial charge in [0.1, 0.15) is 0 Å². The topological polar surface area (TPSA) is 84.7 Å². The number of aromatic nitrogens is 2. The fraction of sp³-hybridized carbons (Fsp3) is 0.353. The van der Waals surface area contributed by atoms with Gasteiger partial charge in [-0.15, -0.1) is 0 Å². The molecule has 1 saturated heterocycles. The Kier molecular flexibility index (Phi) is 4.35. The maximum Gasteiger partial charge on any atom is 0.334 e. The summed E-state index contributed by atoms with van der Waals surface area (Å²) in [5.74, 6) is -1.28. The van der Waals surface area contributed by atoms with Gasteiger partial charge in [-0.05, 0) is 25.5 Å². The van der Waals surface area contributed by atoms with Gasteiger partial charge in [-0.25, -0.2) is 9.48 Å². The van der Waals surface area contributed by atoms with Crippen LogP contribution in [-0.2, 0) is 9.53 Å². The molecule has 0 spiro atoms. The Bertz CT molecular complexity index is 784. The van der Waals surface area contributed by atoms with Crippen molar-refractivity contribution in [2.24, 2.45) is 0 Å². The molecule has 7 nitrogen and oxygen atoms in total. The lowest BCUT2D eigenvalue weighted by molar-refractivity contribution is -0.154. The smallest absolute Gasteiger partial charge is 0.334 e. The average molecular weight is 329 g/mol. The van der Waals surface area contributed by atoms with Gasteiger partial charge in [-0.3, -0.25) is 4.79 Å². The van der Waals surface area contributed by atoms with Gasteiger partial charge in [0, 0.05) is 6.54 Å². The third kappa shape index (κ3) is 2.90. The molecule has 1 amide bonds. The van der Waals surface area contributed by atoms with E-state index in [4.69, 9.17) is 9.84 Å². The van der Waals surface area contributed by atoms with E-state index >= 15 is 0 Å². The van der Waals surface area contributed by atoms with Gasteiger partial charge in [-0.1, -0.05) is 18.2 Å². The lowest BCUT2D eigenvalue weighted by atomic mass is 10.1. The van der Waals surface area contributed by atoms with Crippen LogP contribution in [0.5, 0.6) is 0 Å². The number of nitrogens with zero attached hydrogens (tertiary/aromatic N) is 3. The number of para-hydroxylation sites is 1. The van der Waals surface area contributed by atoms with Gasteiger partial charge < -0.3 is 14.7 Å². The number of carbonyl (C=O) groups excluding carboxylic acids is 1. The van der Waals surface area contributed by atoms with Gasteiger partial charge in [-0.2, -0.15) is 5.10 Å². The van der Waals surface area contributed by atoms with Gasteiger partial charge in [0.2, 0.25) is 0 Å². The van der Waals surface area contributed by atoms with Crippen molar-refractivity contribution in [3.8, 4) is 5.69 Å². The Morgan fingerprint density at radius 2 is 2.04 bits per heavy atom. The maximum absolute atomic E-state index is 12.7. The van der Waals surface area contributed by atoms with Gasteiger partial charge in [0.05, 0.1) is 36.3 Å². The van der Waals surface area contributed by atoms with Crippen molar-refractivity contribution < 1.29 is 19.4 Å². The Labute approximate surface area is 139 Å². The molecule has 1 N–H and O–H groups in total. The molecule has 7 heteroatoms. The summed E-state index contributed by atoms with van der Waals surface area (Å²) in [5.41, 5.74) is 3.18. The third-order valence-corrected chi connectivity index (χ3v) is 4.21. The first kappa shape index (κ1) is 16.2. The van der Waals surface area contributed by atoms with Crippen LogP contribution < -0.4 is 0 Å². The lowest BCUT2D eigenvalue weighted by Gasteiger charge is -2.30. The second-order valence-corrected chi connectivity index (χ2v) is 5.79. The molecule has 3 rings (SSSR count). The number of carbonyl (C=O) groups is 2. The van der Waals surface area contributed by atoms with Crippen molar-refractivity contribution in [3.63, 3.8) is 0 Å². The number of hydrogen-bond donors (Lipinski definition) is 1. The number of aliphatic carboxylic acids is 1. The lowest BCUT2D eigenvalue weighted by Crippen LogP contribution is -2.48. The summed E-state index contributed by atoms with van der Waals surface area (Å²) in [6.07, 6.45) is 0.560. The molecule has 1 unspecified atom stereocenters. The van der Waals surface area contributed by atoms with Gasteiger partial charge >= 0.3 is 5.97 Å². The third-order valence-electron chi connectivity index (χ3n) is 4.21. The molecule has 1 aromatic carbocycles. The summed E-state index contributed by atoms with van der Waals surface area (Å²) in [4.78, 5) is 25.3. The Morgan fingerprint density at radius 3 is 2.75 bits per heavy atom. The summed E-state index contributed by atoms with van der Waals surface area (Å²) in [5, 5.41) is 13.4. The molecule has 1 aliphatic heterocycles. The van der Waals surface area contributed by atoms with Crippen LogP contribution in [0.15, 0.2) is 30.5 Å². The van der Waals surface area contributed by atoms with Crippen LogP contribution >= 0.6 is 0 Å². The number of morpholine rings is 1. The normalized spacial score (nSPS) is 17.8. The molecule has 2 aromatic rings. The van der Waals surface area contributed by atoms with E-state index in [2.05, 4.69) is 5.10 Å². The van der Waals surface area contributed by atoms with E-state index in [1.165, 1.54) is 11.1 Å². The van der Waals surface area contributed by atoms with E-state index in [9.17, 15) is 9.59 Å². The molecule has 0 radical (unpaired) electrons. The molecule has 0 aliphatic carbocycles. The minimum atomic E-state index is -1.06. The zero-order valence-corrected chi connectivity index (χ0v) is 13.6. The first-order valence-electron chi connectivity index (χ1n) is 7.73. The second-order valence-electron chi connectivity index (χ2n) is 5.79.